The first-order valence-electron chi connectivity index (χ1n) is 5.80. The number of benzene rings is 2. The Labute approximate surface area is 114 Å². The van der Waals surface area contributed by atoms with Gasteiger partial charge in [0.05, 0.1) is 6.61 Å². The average molecular weight is 309 g/mol. The zero-order chi connectivity index (χ0) is 13.0. The Kier molecular flexibility index (Phi) is 4.50. The summed E-state index contributed by atoms with van der Waals surface area (Å²) >= 11 is 3.39. The van der Waals surface area contributed by atoms with Gasteiger partial charge in [0.15, 0.2) is 0 Å². The van der Waals surface area contributed by atoms with E-state index in [1.807, 2.05) is 24.3 Å². The van der Waals surface area contributed by atoms with Crippen molar-refractivity contribution in [2.45, 2.75) is 12.3 Å². The fourth-order valence-corrected chi connectivity index (χ4v) is 2.19. The van der Waals surface area contributed by atoms with E-state index in [4.69, 9.17) is 0 Å². The second-order valence-electron chi connectivity index (χ2n) is 4.26. The van der Waals surface area contributed by atoms with Crippen molar-refractivity contribution in [1.82, 2.24) is 0 Å². The van der Waals surface area contributed by atoms with E-state index in [1.165, 1.54) is 12.1 Å². The first-order chi connectivity index (χ1) is 8.69. The summed E-state index contributed by atoms with van der Waals surface area (Å²) in [5.41, 5.74) is 2.11. The molecule has 2 rings (SSSR count). The summed E-state index contributed by atoms with van der Waals surface area (Å²) in [5, 5.41) is 9.48. The molecule has 1 nitrogen and oxygen atoms in total. The maximum Gasteiger partial charge on any atom is 0.123 e. The van der Waals surface area contributed by atoms with Gasteiger partial charge in [0, 0.05) is 10.4 Å². The van der Waals surface area contributed by atoms with Gasteiger partial charge >= 0.3 is 0 Å². The molecule has 3 heteroatoms. The lowest BCUT2D eigenvalue weighted by atomic mass is 9.93. The molecular formula is C15H14BrFO. The molecule has 0 aliphatic rings. The second kappa shape index (κ2) is 6.12. The van der Waals surface area contributed by atoms with Crippen LogP contribution in [0, 0.1) is 5.82 Å². The molecular weight excluding hydrogens is 295 g/mol. The van der Waals surface area contributed by atoms with Gasteiger partial charge in [-0.3, -0.25) is 0 Å². The van der Waals surface area contributed by atoms with Crippen LogP contribution in [0.3, 0.4) is 0 Å². The van der Waals surface area contributed by atoms with Gasteiger partial charge in [-0.05, 0) is 41.8 Å². The molecule has 1 unspecified atom stereocenters. The topological polar surface area (TPSA) is 20.2 Å². The molecule has 0 saturated heterocycles. The van der Waals surface area contributed by atoms with E-state index in [1.54, 1.807) is 12.1 Å². The molecule has 0 aliphatic heterocycles. The lowest BCUT2D eigenvalue weighted by Crippen LogP contribution is -2.07. The Bertz CT molecular complexity index is 493. The zero-order valence-electron chi connectivity index (χ0n) is 9.81. The third kappa shape index (κ3) is 3.40. The van der Waals surface area contributed by atoms with Gasteiger partial charge in [-0.15, -0.1) is 0 Å². The number of hydrogen-bond acceptors (Lipinski definition) is 1. The van der Waals surface area contributed by atoms with E-state index in [0.717, 1.165) is 15.6 Å². The third-order valence-electron chi connectivity index (χ3n) is 2.96. The molecule has 2 aromatic carbocycles. The summed E-state index contributed by atoms with van der Waals surface area (Å²) in [6.07, 6.45) is 0.707. The quantitative estimate of drug-likeness (QED) is 0.908. The fourth-order valence-electron chi connectivity index (χ4n) is 1.93. The van der Waals surface area contributed by atoms with Gasteiger partial charge in [0.1, 0.15) is 5.82 Å². The first kappa shape index (κ1) is 13.2. The van der Waals surface area contributed by atoms with Crippen LogP contribution in [0.4, 0.5) is 4.39 Å². The van der Waals surface area contributed by atoms with Gasteiger partial charge in [0.25, 0.3) is 0 Å². The van der Waals surface area contributed by atoms with Crippen molar-refractivity contribution in [2.75, 3.05) is 6.61 Å². The summed E-state index contributed by atoms with van der Waals surface area (Å²) in [6, 6.07) is 14.3. The fraction of sp³-hybridized carbons (Fsp3) is 0.200. The first-order valence-corrected chi connectivity index (χ1v) is 6.59. The molecule has 0 radical (unpaired) electrons. The minimum atomic E-state index is -0.233. The van der Waals surface area contributed by atoms with Crippen LogP contribution >= 0.6 is 15.9 Å². The largest absolute Gasteiger partial charge is 0.396 e. The van der Waals surface area contributed by atoms with E-state index in [0.29, 0.717) is 6.42 Å². The highest BCUT2D eigenvalue weighted by atomic mass is 79.9. The zero-order valence-corrected chi connectivity index (χ0v) is 11.4. The average Bonchev–Trinajstić information content (AvgIpc) is 2.39. The van der Waals surface area contributed by atoms with Crippen LogP contribution in [-0.2, 0) is 6.42 Å². The van der Waals surface area contributed by atoms with Crippen molar-refractivity contribution in [1.29, 1.82) is 0 Å². The number of hydrogen-bond donors (Lipinski definition) is 1. The minimum Gasteiger partial charge on any atom is -0.396 e. The summed E-state index contributed by atoms with van der Waals surface area (Å²) in [6.45, 7) is 0.0824. The standard InChI is InChI=1S/C15H14BrFO/c16-14-5-3-12(4-6-14)13(10-18)9-11-1-7-15(17)8-2-11/h1-8,13,18H,9-10H2. The Hall–Kier alpha value is -1.19. The summed E-state index contributed by atoms with van der Waals surface area (Å²) in [5.74, 6) is -0.188. The molecule has 0 amide bonds. The van der Waals surface area contributed by atoms with Gasteiger partial charge in [0.2, 0.25) is 0 Å². The number of aliphatic hydroxyl groups is 1. The Morgan fingerprint density at radius 2 is 1.61 bits per heavy atom. The van der Waals surface area contributed by atoms with Crippen LogP contribution in [0.15, 0.2) is 53.0 Å². The maximum atomic E-state index is 12.8. The van der Waals surface area contributed by atoms with E-state index in [2.05, 4.69) is 15.9 Å². The highest BCUT2D eigenvalue weighted by Crippen LogP contribution is 2.22. The molecule has 0 heterocycles. The monoisotopic (exact) mass is 308 g/mol. The van der Waals surface area contributed by atoms with Gasteiger partial charge < -0.3 is 5.11 Å². The summed E-state index contributed by atoms with van der Waals surface area (Å²) in [7, 11) is 0. The molecule has 1 atom stereocenters. The van der Waals surface area contributed by atoms with Gasteiger partial charge in [-0.1, -0.05) is 40.2 Å². The highest BCUT2D eigenvalue weighted by molar-refractivity contribution is 9.10. The Balaban J connectivity index is 2.14. The van der Waals surface area contributed by atoms with E-state index in [9.17, 15) is 9.50 Å². The predicted octanol–water partition coefficient (Wildman–Crippen LogP) is 3.91. The molecule has 2 aromatic rings. The highest BCUT2D eigenvalue weighted by Gasteiger charge is 2.11. The molecule has 18 heavy (non-hydrogen) atoms. The lowest BCUT2D eigenvalue weighted by Gasteiger charge is -2.14. The van der Waals surface area contributed by atoms with Crippen molar-refractivity contribution in [2.24, 2.45) is 0 Å². The van der Waals surface area contributed by atoms with E-state index >= 15 is 0 Å². The van der Waals surface area contributed by atoms with Crippen LogP contribution in [0.1, 0.15) is 17.0 Å². The SMILES string of the molecule is OCC(Cc1ccc(F)cc1)c1ccc(Br)cc1. The number of halogens is 2. The molecule has 0 bridgehead atoms. The van der Waals surface area contributed by atoms with E-state index in [-0.39, 0.29) is 18.3 Å². The van der Waals surface area contributed by atoms with Crippen molar-refractivity contribution in [3.05, 3.63) is 69.9 Å². The molecule has 0 spiro atoms. The maximum absolute atomic E-state index is 12.8. The molecule has 0 aromatic heterocycles. The smallest absolute Gasteiger partial charge is 0.123 e. The van der Waals surface area contributed by atoms with Gasteiger partial charge in [-0.25, -0.2) is 4.39 Å². The van der Waals surface area contributed by atoms with Crippen molar-refractivity contribution >= 4 is 15.9 Å². The Morgan fingerprint density at radius 3 is 2.17 bits per heavy atom. The number of rotatable bonds is 4. The number of aliphatic hydroxyl groups excluding tert-OH is 1. The predicted molar refractivity (Wildman–Crippen MR) is 74.1 cm³/mol. The van der Waals surface area contributed by atoms with Crippen LogP contribution in [-0.4, -0.2) is 11.7 Å². The van der Waals surface area contributed by atoms with Crippen molar-refractivity contribution in [3.8, 4) is 0 Å². The molecule has 0 saturated carbocycles. The van der Waals surface area contributed by atoms with Crippen LogP contribution in [0.25, 0.3) is 0 Å². The molecule has 0 fully saturated rings. The minimum absolute atomic E-state index is 0.0450. The van der Waals surface area contributed by atoms with Crippen LogP contribution in [0.5, 0.6) is 0 Å². The summed E-state index contributed by atoms with van der Waals surface area (Å²) in [4.78, 5) is 0. The second-order valence-corrected chi connectivity index (χ2v) is 5.18. The molecule has 1 N–H and O–H groups in total. The van der Waals surface area contributed by atoms with Crippen molar-refractivity contribution < 1.29 is 9.50 Å². The van der Waals surface area contributed by atoms with Crippen LogP contribution in [0.2, 0.25) is 0 Å². The third-order valence-corrected chi connectivity index (χ3v) is 3.49. The van der Waals surface area contributed by atoms with E-state index < -0.39 is 0 Å². The molecule has 94 valence electrons. The van der Waals surface area contributed by atoms with Crippen LogP contribution < -0.4 is 0 Å². The normalized spacial score (nSPS) is 12.4. The lowest BCUT2D eigenvalue weighted by molar-refractivity contribution is 0.264. The van der Waals surface area contributed by atoms with Crippen molar-refractivity contribution in [3.63, 3.8) is 0 Å². The molecule has 0 aliphatic carbocycles. The summed E-state index contributed by atoms with van der Waals surface area (Å²) < 4.78 is 13.8. The van der Waals surface area contributed by atoms with Gasteiger partial charge in [-0.2, -0.15) is 0 Å². The Morgan fingerprint density at radius 1 is 1.00 bits per heavy atom.